The Labute approximate surface area is 193 Å². The highest BCUT2D eigenvalue weighted by Gasteiger charge is 2.29. The quantitative estimate of drug-likeness (QED) is 0.387. The maximum absolute atomic E-state index is 12.8. The van der Waals surface area contributed by atoms with E-state index in [1.165, 1.54) is 17.2 Å². The highest BCUT2D eigenvalue weighted by atomic mass is 35.5. The zero-order chi connectivity index (χ0) is 23.8. The summed E-state index contributed by atoms with van der Waals surface area (Å²) in [6.07, 6.45) is -2.95. The van der Waals surface area contributed by atoms with Crippen molar-refractivity contribution < 1.29 is 32.2 Å². The van der Waals surface area contributed by atoms with Crippen LogP contribution in [-0.4, -0.2) is 74.0 Å². The predicted molar refractivity (Wildman–Crippen MR) is 115 cm³/mol. The van der Waals surface area contributed by atoms with Crippen LogP contribution < -0.4 is 15.4 Å². The number of halogens is 4. The van der Waals surface area contributed by atoms with E-state index in [-0.39, 0.29) is 29.0 Å². The van der Waals surface area contributed by atoms with Gasteiger partial charge in [0, 0.05) is 20.2 Å². The molecular formula is C20H23ClF3N5O4. The lowest BCUT2D eigenvalue weighted by atomic mass is 10.1. The lowest BCUT2D eigenvalue weighted by Crippen LogP contribution is -2.37. The fraction of sp³-hybridized carbons (Fsp3) is 0.450. The molecule has 33 heavy (non-hydrogen) atoms. The summed E-state index contributed by atoms with van der Waals surface area (Å²) >= 11 is 6.09. The van der Waals surface area contributed by atoms with Gasteiger partial charge in [-0.1, -0.05) is 17.7 Å². The zero-order valence-electron chi connectivity index (χ0n) is 17.7. The number of anilines is 3. The molecule has 1 aromatic heterocycles. The highest BCUT2D eigenvalue weighted by Crippen LogP contribution is 2.34. The molecule has 3 rings (SSSR count). The van der Waals surface area contributed by atoms with Crippen LogP contribution >= 0.6 is 11.6 Å². The number of alkyl halides is 3. The minimum absolute atomic E-state index is 0.0657. The van der Waals surface area contributed by atoms with Gasteiger partial charge in [-0.05, 0) is 17.7 Å². The van der Waals surface area contributed by atoms with Gasteiger partial charge in [-0.15, -0.1) is 0 Å². The number of morpholine rings is 1. The minimum atomic E-state index is -4.53. The maximum Gasteiger partial charge on any atom is 0.422 e. The average Bonchev–Trinajstić information content (AvgIpc) is 2.80. The smallest absolute Gasteiger partial charge is 0.422 e. The van der Waals surface area contributed by atoms with E-state index in [0.717, 1.165) is 0 Å². The average molecular weight is 490 g/mol. The van der Waals surface area contributed by atoms with Gasteiger partial charge in [-0.25, -0.2) is 4.98 Å². The van der Waals surface area contributed by atoms with Crippen LogP contribution in [0.25, 0.3) is 0 Å². The van der Waals surface area contributed by atoms with Crippen LogP contribution in [0.1, 0.15) is 11.7 Å². The van der Waals surface area contributed by atoms with E-state index in [1.807, 2.05) is 0 Å². The topological polar surface area (TPSA) is 97.8 Å². The number of ether oxygens (including phenoxy) is 3. The third kappa shape index (κ3) is 7.34. The Kier molecular flexibility index (Phi) is 8.53. The normalized spacial score (nSPS) is 16.4. The number of methoxy groups -OCH3 is 1. The van der Waals surface area contributed by atoms with Crippen LogP contribution in [0.5, 0.6) is 5.75 Å². The number of nitrogens with one attached hydrogen (secondary N) is 2. The molecule has 0 spiro atoms. The van der Waals surface area contributed by atoms with E-state index in [9.17, 15) is 18.0 Å². The van der Waals surface area contributed by atoms with Gasteiger partial charge in [-0.3, -0.25) is 4.79 Å². The highest BCUT2D eigenvalue weighted by molar-refractivity contribution is 6.32. The Bertz CT molecular complexity index is 950. The van der Waals surface area contributed by atoms with E-state index in [4.69, 9.17) is 25.8 Å². The van der Waals surface area contributed by atoms with Gasteiger partial charge < -0.3 is 29.7 Å². The van der Waals surface area contributed by atoms with E-state index < -0.39 is 18.9 Å². The summed E-state index contributed by atoms with van der Waals surface area (Å²) in [7, 11) is 1.55. The summed E-state index contributed by atoms with van der Waals surface area (Å²) in [6.45, 7) is 0.435. The molecule has 1 aliphatic rings. The number of hydrogen-bond donors (Lipinski definition) is 2. The van der Waals surface area contributed by atoms with Crippen molar-refractivity contribution >= 4 is 35.5 Å². The minimum Gasteiger partial charge on any atom is -0.482 e. The van der Waals surface area contributed by atoms with E-state index in [1.54, 1.807) is 19.2 Å². The molecule has 0 aliphatic carbocycles. The molecule has 1 aromatic carbocycles. The van der Waals surface area contributed by atoms with Crippen LogP contribution in [0.4, 0.5) is 30.6 Å². The Morgan fingerprint density at radius 2 is 2.21 bits per heavy atom. The van der Waals surface area contributed by atoms with Gasteiger partial charge in [0.1, 0.15) is 16.9 Å². The Morgan fingerprint density at radius 3 is 2.94 bits per heavy atom. The van der Waals surface area contributed by atoms with Crippen LogP contribution in [0.15, 0.2) is 24.4 Å². The number of aromatic nitrogens is 2. The molecule has 1 saturated heterocycles. The number of benzene rings is 1. The molecule has 1 unspecified atom stereocenters. The van der Waals surface area contributed by atoms with Crippen LogP contribution in [0.2, 0.25) is 5.02 Å². The van der Waals surface area contributed by atoms with E-state index in [2.05, 4.69) is 20.6 Å². The number of nitrogens with zero attached hydrogens (tertiary/aromatic N) is 3. The summed E-state index contributed by atoms with van der Waals surface area (Å²) < 4.78 is 54.2. The SMILES string of the molecule is COCCNc1nc(Nc2ccc(C3CN(C=O)CCO3)cc2OCC(F)(F)F)ncc1Cl. The molecule has 2 aromatic rings. The van der Waals surface area contributed by atoms with Crippen molar-refractivity contribution in [3.05, 3.63) is 35.0 Å². The van der Waals surface area contributed by atoms with E-state index >= 15 is 0 Å². The molecule has 180 valence electrons. The third-order valence-corrected chi connectivity index (χ3v) is 4.88. The van der Waals surface area contributed by atoms with Crippen LogP contribution in [-0.2, 0) is 14.3 Å². The van der Waals surface area contributed by atoms with Gasteiger partial charge >= 0.3 is 6.18 Å². The first-order valence-corrected chi connectivity index (χ1v) is 10.3. The second-order valence-electron chi connectivity index (χ2n) is 7.05. The standard InChI is InChI=1S/C20H23ClF3N5O4/c1-31-6-4-25-18-14(21)9-26-19(28-18)27-15-3-2-13(8-16(15)33-11-20(22,23)24)17-10-29(12-30)5-7-32-17/h2-3,8-9,12,17H,4-7,10-11H2,1H3,(H2,25,26,27,28). The number of rotatable bonds is 10. The van der Waals surface area contributed by atoms with Gasteiger partial charge in [0.25, 0.3) is 0 Å². The summed E-state index contributed by atoms with van der Waals surface area (Å²) in [5.74, 6) is 0.374. The first kappa shape index (κ1) is 24.8. The van der Waals surface area contributed by atoms with Gasteiger partial charge in [0.05, 0.1) is 31.6 Å². The maximum atomic E-state index is 12.8. The Balaban J connectivity index is 1.84. The number of amides is 1. The summed E-state index contributed by atoms with van der Waals surface area (Å²) in [4.78, 5) is 20.9. The number of carbonyl (C=O) groups excluding carboxylic acids is 1. The first-order valence-electron chi connectivity index (χ1n) is 9.96. The largest absolute Gasteiger partial charge is 0.482 e. The molecule has 1 aliphatic heterocycles. The monoisotopic (exact) mass is 489 g/mol. The molecular weight excluding hydrogens is 467 g/mol. The predicted octanol–water partition coefficient (Wildman–Crippen LogP) is 3.40. The molecule has 9 nitrogen and oxygen atoms in total. The van der Waals surface area contributed by atoms with Gasteiger partial charge in [0.2, 0.25) is 12.4 Å². The van der Waals surface area contributed by atoms with E-state index in [0.29, 0.717) is 44.1 Å². The molecule has 1 amide bonds. The van der Waals surface area contributed by atoms with Crippen molar-refractivity contribution in [3.63, 3.8) is 0 Å². The van der Waals surface area contributed by atoms with Crippen molar-refractivity contribution in [1.29, 1.82) is 0 Å². The molecule has 0 bridgehead atoms. The van der Waals surface area contributed by atoms with Crippen molar-refractivity contribution in [2.45, 2.75) is 12.3 Å². The van der Waals surface area contributed by atoms with Gasteiger partial charge in [-0.2, -0.15) is 18.2 Å². The van der Waals surface area contributed by atoms with Crippen molar-refractivity contribution in [1.82, 2.24) is 14.9 Å². The molecule has 1 fully saturated rings. The van der Waals surface area contributed by atoms with Crippen molar-refractivity contribution in [2.75, 3.05) is 57.2 Å². The lowest BCUT2D eigenvalue weighted by molar-refractivity contribution is -0.153. The second-order valence-corrected chi connectivity index (χ2v) is 7.46. The van der Waals surface area contributed by atoms with Crippen LogP contribution in [0, 0.1) is 0 Å². The molecule has 0 radical (unpaired) electrons. The molecule has 2 heterocycles. The molecule has 1 atom stereocenters. The molecule has 13 heteroatoms. The van der Waals surface area contributed by atoms with Gasteiger partial charge in [0.15, 0.2) is 12.4 Å². The fourth-order valence-electron chi connectivity index (χ4n) is 3.03. The fourth-order valence-corrected chi connectivity index (χ4v) is 3.19. The third-order valence-electron chi connectivity index (χ3n) is 4.60. The summed E-state index contributed by atoms with van der Waals surface area (Å²) in [5, 5.41) is 6.12. The summed E-state index contributed by atoms with van der Waals surface area (Å²) in [5.41, 5.74) is 0.791. The number of hydrogen-bond acceptors (Lipinski definition) is 8. The Hall–Kier alpha value is -2.83. The molecule has 0 saturated carbocycles. The molecule has 2 N–H and O–H groups in total. The second kappa shape index (κ2) is 11.3. The van der Waals surface area contributed by atoms with Crippen LogP contribution in [0.3, 0.4) is 0 Å². The first-order chi connectivity index (χ1) is 15.8. The lowest BCUT2D eigenvalue weighted by Gasteiger charge is -2.30. The van der Waals surface area contributed by atoms with Crippen molar-refractivity contribution in [3.8, 4) is 5.75 Å². The number of carbonyl (C=O) groups is 1. The summed E-state index contributed by atoms with van der Waals surface area (Å²) in [6, 6.07) is 4.66. The zero-order valence-corrected chi connectivity index (χ0v) is 18.4. The Morgan fingerprint density at radius 1 is 1.39 bits per heavy atom. The van der Waals surface area contributed by atoms with Crippen molar-refractivity contribution in [2.24, 2.45) is 0 Å².